The van der Waals surface area contributed by atoms with Crippen LogP contribution < -0.4 is 10.1 Å². The number of rotatable bonds is 5. The first-order valence-corrected chi connectivity index (χ1v) is 9.09. The number of thiazole rings is 1. The van der Waals surface area contributed by atoms with Crippen LogP contribution in [0, 0.1) is 0 Å². The quantitative estimate of drug-likeness (QED) is 0.751. The van der Waals surface area contributed by atoms with E-state index in [2.05, 4.69) is 32.4 Å². The van der Waals surface area contributed by atoms with Gasteiger partial charge < -0.3 is 14.6 Å². The Morgan fingerprint density at radius 1 is 1.40 bits per heavy atom. The highest BCUT2D eigenvalue weighted by Crippen LogP contribution is 2.30. The van der Waals surface area contributed by atoms with Gasteiger partial charge in [0, 0.05) is 25.0 Å². The van der Waals surface area contributed by atoms with Gasteiger partial charge in [-0.2, -0.15) is 4.98 Å². The summed E-state index contributed by atoms with van der Waals surface area (Å²) in [5.41, 5.74) is 3.49. The van der Waals surface area contributed by atoms with Gasteiger partial charge in [-0.05, 0) is 19.2 Å². The number of hydrogen-bond acceptors (Lipinski definition) is 8. The van der Waals surface area contributed by atoms with E-state index in [4.69, 9.17) is 9.26 Å². The molecule has 3 heterocycles. The summed E-state index contributed by atoms with van der Waals surface area (Å²) in [6.45, 7) is 3.17. The highest BCUT2D eigenvalue weighted by molar-refractivity contribution is 7.07. The molecule has 0 saturated carbocycles. The standard InChI is InChI=1S/C17H19N5O2S/c1-22-7-6-18-8-14(22)16-20-17(24-21-16)13-4-2-3-5-15(13)23-9-12-10-25-11-19-12/h2-5,10-11,14,18H,6-9H2,1H3. The molecule has 1 aliphatic heterocycles. The van der Waals surface area contributed by atoms with Gasteiger partial charge in [-0.1, -0.05) is 17.3 Å². The fraction of sp³-hybridized carbons (Fsp3) is 0.353. The summed E-state index contributed by atoms with van der Waals surface area (Å²) in [5, 5.41) is 9.52. The van der Waals surface area contributed by atoms with Crippen molar-refractivity contribution in [1.82, 2.24) is 25.3 Å². The summed E-state index contributed by atoms with van der Waals surface area (Å²) in [6.07, 6.45) is 0. The second-order valence-corrected chi connectivity index (χ2v) is 6.64. The molecule has 0 spiro atoms. The second-order valence-electron chi connectivity index (χ2n) is 5.92. The molecule has 130 valence electrons. The van der Waals surface area contributed by atoms with E-state index in [1.807, 2.05) is 29.6 Å². The van der Waals surface area contributed by atoms with Crippen molar-refractivity contribution in [2.45, 2.75) is 12.6 Å². The molecule has 0 aliphatic carbocycles. The molecule has 1 saturated heterocycles. The van der Waals surface area contributed by atoms with Gasteiger partial charge in [-0.3, -0.25) is 4.90 Å². The number of nitrogens with zero attached hydrogens (tertiary/aromatic N) is 4. The lowest BCUT2D eigenvalue weighted by atomic mass is 10.2. The molecule has 2 aromatic heterocycles. The van der Waals surface area contributed by atoms with Crippen molar-refractivity contribution >= 4 is 11.3 Å². The van der Waals surface area contributed by atoms with Gasteiger partial charge in [-0.15, -0.1) is 11.3 Å². The van der Waals surface area contributed by atoms with Gasteiger partial charge in [0.25, 0.3) is 5.89 Å². The van der Waals surface area contributed by atoms with E-state index in [1.54, 1.807) is 16.8 Å². The van der Waals surface area contributed by atoms with Gasteiger partial charge in [0.2, 0.25) is 0 Å². The minimum absolute atomic E-state index is 0.120. The molecule has 1 aliphatic rings. The van der Waals surface area contributed by atoms with Gasteiger partial charge in [0.1, 0.15) is 12.4 Å². The normalized spacial score (nSPS) is 18.4. The molecule has 0 radical (unpaired) electrons. The van der Waals surface area contributed by atoms with Crippen LogP contribution >= 0.6 is 11.3 Å². The topological polar surface area (TPSA) is 76.3 Å². The molecule has 25 heavy (non-hydrogen) atoms. The zero-order valence-electron chi connectivity index (χ0n) is 13.9. The van der Waals surface area contributed by atoms with Crippen LogP contribution in [0.4, 0.5) is 0 Å². The zero-order valence-corrected chi connectivity index (χ0v) is 14.7. The number of aromatic nitrogens is 3. The van der Waals surface area contributed by atoms with E-state index < -0.39 is 0 Å². The number of likely N-dealkylation sites (N-methyl/N-ethyl adjacent to an activating group) is 1. The molecule has 1 unspecified atom stereocenters. The Bertz CT molecular complexity index is 820. The maximum atomic E-state index is 5.91. The van der Waals surface area contributed by atoms with Gasteiger partial charge in [0.15, 0.2) is 5.82 Å². The predicted molar refractivity (Wildman–Crippen MR) is 94.4 cm³/mol. The third-order valence-corrected chi connectivity index (χ3v) is 4.86. The second kappa shape index (κ2) is 7.30. The Hall–Kier alpha value is -2.29. The summed E-state index contributed by atoms with van der Waals surface area (Å²) in [4.78, 5) is 11.1. The molecule has 1 aromatic carbocycles. The predicted octanol–water partition coefficient (Wildman–Crippen LogP) is 2.35. The van der Waals surface area contributed by atoms with Crippen LogP contribution in [0.15, 0.2) is 39.7 Å². The third kappa shape index (κ3) is 3.55. The number of ether oxygens (including phenoxy) is 1. The lowest BCUT2D eigenvalue weighted by Gasteiger charge is -2.30. The van der Waals surface area contributed by atoms with E-state index in [0.717, 1.165) is 30.9 Å². The number of piperazine rings is 1. The molecule has 8 heteroatoms. The van der Waals surface area contributed by atoms with E-state index in [-0.39, 0.29) is 6.04 Å². The van der Waals surface area contributed by atoms with Crippen LogP contribution in [0.25, 0.3) is 11.5 Å². The molecular weight excluding hydrogens is 338 g/mol. The van der Waals surface area contributed by atoms with Crippen molar-refractivity contribution < 1.29 is 9.26 Å². The smallest absolute Gasteiger partial charge is 0.261 e. The largest absolute Gasteiger partial charge is 0.486 e. The van der Waals surface area contributed by atoms with Crippen molar-refractivity contribution in [2.24, 2.45) is 0 Å². The Morgan fingerprint density at radius 3 is 3.16 bits per heavy atom. The van der Waals surface area contributed by atoms with Gasteiger partial charge in [0.05, 0.1) is 22.8 Å². The average Bonchev–Trinajstić information content (AvgIpc) is 3.33. The fourth-order valence-corrected chi connectivity index (χ4v) is 3.35. The van der Waals surface area contributed by atoms with Crippen molar-refractivity contribution in [1.29, 1.82) is 0 Å². The maximum absolute atomic E-state index is 5.91. The Kier molecular flexibility index (Phi) is 4.73. The minimum Gasteiger partial charge on any atom is -0.486 e. The first-order chi connectivity index (χ1) is 12.3. The van der Waals surface area contributed by atoms with Crippen LogP contribution in [-0.2, 0) is 6.61 Å². The molecule has 0 amide bonds. The van der Waals surface area contributed by atoms with Crippen molar-refractivity contribution in [2.75, 3.05) is 26.7 Å². The number of nitrogens with one attached hydrogen (secondary N) is 1. The number of hydrogen-bond donors (Lipinski definition) is 1. The molecule has 1 atom stereocenters. The van der Waals surface area contributed by atoms with Crippen molar-refractivity contribution in [3.05, 3.63) is 46.7 Å². The molecule has 1 N–H and O–H groups in total. The molecule has 0 bridgehead atoms. The van der Waals surface area contributed by atoms with E-state index in [9.17, 15) is 0 Å². The molecular formula is C17H19N5O2S. The molecule has 7 nitrogen and oxygen atoms in total. The van der Waals surface area contributed by atoms with E-state index in [1.165, 1.54) is 0 Å². The minimum atomic E-state index is 0.120. The Balaban J connectivity index is 1.55. The molecule has 1 fully saturated rings. The monoisotopic (exact) mass is 357 g/mol. The van der Waals surface area contributed by atoms with Crippen LogP contribution in [0.5, 0.6) is 5.75 Å². The van der Waals surface area contributed by atoms with E-state index in [0.29, 0.717) is 24.1 Å². The van der Waals surface area contributed by atoms with Crippen LogP contribution in [0.3, 0.4) is 0 Å². The van der Waals surface area contributed by atoms with Crippen molar-refractivity contribution in [3.63, 3.8) is 0 Å². The summed E-state index contributed by atoms with van der Waals surface area (Å²) < 4.78 is 11.4. The molecule has 4 rings (SSSR count). The first-order valence-electron chi connectivity index (χ1n) is 8.15. The summed E-state index contributed by atoms with van der Waals surface area (Å²) >= 11 is 1.55. The highest BCUT2D eigenvalue weighted by atomic mass is 32.1. The highest BCUT2D eigenvalue weighted by Gasteiger charge is 2.26. The molecule has 3 aromatic rings. The fourth-order valence-electron chi connectivity index (χ4n) is 2.80. The lowest BCUT2D eigenvalue weighted by Crippen LogP contribution is -2.44. The lowest BCUT2D eigenvalue weighted by molar-refractivity contribution is 0.190. The number of benzene rings is 1. The summed E-state index contributed by atoms with van der Waals surface area (Å²) in [7, 11) is 2.08. The summed E-state index contributed by atoms with van der Waals surface area (Å²) in [6, 6.07) is 7.81. The summed E-state index contributed by atoms with van der Waals surface area (Å²) in [5.74, 6) is 1.88. The van der Waals surface area contributed by atoms with Gasteiger partial charge >= 0.3 is 0 Å². The van der Waals surface area contributed by atoms with Gasteiger partial charge in [-0.25, -0.2) is 4.98 Å². The number of para-hydroxylation sites is 1. The zero-order chi connectivity index (χ0) is 17.1. The first kappa shape index (κ1) is 16.2. The average molecular weight is 357 g/mol. The maximum Gasteiger partial charge on any atom is 0.261 e. The third-order valence-electron chi connectivity index (χ3n) is 4.23. The Labute approximate surface area is 149 Å². The van der Waals surface area contributed by atoms with Crippen LogP contribution in [0.1, 0.15) is 17.6 Å². The van der Waals surface area contributed by atoms with E-state index >= 15 is 0 Å². The van der Waals surface area contributed by atoms with Crippen molar-refractivity contribution in [3.8, 4) is 17.2 Å². The van der Waals surface area contributed by atoms with Crippen LogP contribution in [0.2, 0.25) is 0 Å². The SMILES string of the molecule is CN1CCNCC1c1noc(-c2ccccc2OCc2cscn2)n1. The van der Waals surface area contributed by atoms with Crippen LogP contribution in [-0.4, -0.2) is 46.7 Å². The Morgan fingerprint density at radius 2 is 2.32 bits per heavy atom.